The molecule has 0 aromatic heterocycles. The standard InChI is InChI=1S/C13H28N2O/c1-11(2)14-7-6-12(3)15-8-9-16-13(4,5)10-15/h11-12,14H,6-10H2,1-5H3. The van der Waals surface area contributed by atoms with Crippen molar-refractivity contribution in [3.05, 3.63) is 0 Å². The van der Waals surface area contributed by atoms with E-state index in [2.05, 4.69) is 44.8 Å². The molecule has 96 valence electrons. The van der Waals surface area contributed by atoms with E-state index in [4.69, 9.17) is 4.74 Å². The summed E-state index contributed by atoms with van der Waals surface area (Å²) in [6.45, 7) is 15.2. The van der Waals surface area contributed by atoms with Gasteiger partial charge in [0.2, 0.25) is 0 Å². The molecule has 3 nitrogen and oxygen atoms in total. The summed E-state index contributed by atoms with van der Waals surface area (Å²) >= 11 is 0. The van der Waals surface area contributed by atoms with Gasteiger partial charge >= 0.3 is 0 Å². The molecule has 3 heteroatoms. The molecule has 1 unspecified atom stereocenters. The van der Waals surface area contributed by atoms with Gasteiger partial charge in [0.05, 0.1) is 12.2 Å². The minimum Gasteiger partial charge on any atom is -0.373 e. The zero-order chi connectivity index (χ0) is 12.2. The van der Waals surface area contributed by atoms with Gasteiger partial charge in [-0.2, -0.15) is 0 Å². The fourth-order valence-corrected chi connectivity index (χ4v) is 2.19. The topological polar surface area (TPSA) is 24.5 Å². The predicted molar refractivity (Wildman–Crippen MR) is 68.8 cm³/mol. The van der Waals surface area contributed by atoms with Crippen LogP contribution < -0.4 is 5.32 Å². The molecule has 1 fully saturated rings. The Morgan fingerprint density at radius 3 is 2.56 bits per heavy atom. The molecule has 1 aliphatic rings. The molecule has 0 bridgehead atoms. The normalized spacial score (nSPS) is 23.6. The molecule has 1 N–H and O–H groups in total. The lowest BCUT2D eigenvalue weighted by Crippen LogP contribution is -2.51. The summed E-state index contributed by atoms with van der Waals surface area (Å²) in [6.07, 6.45) is 1.22. The van der Waals surface area contributed by atoms with E-state index >= 15 is 0 Å². The lowest BCUT2D eigenvalue weighted by atomic mass is 10.0. The molecule has 0 amide bonds. The molecule has 0 aromatic rings. The molecule has 0 spiro atoms. The van der Waals surface area contributed by atoms with Gasteiger partial charge in [-0.25, -0.2) is 0 Å². The maximum absolute atomic E-state index is 5.73. The molecule has 0 aromatic carbocycles. The van der Waals surface area contributed by atoms with Crippen LogP contribution in [-0.2, 0) is 4.74 Å². The zero-order valence-corrected chi connectivity index (χ0v) is 11.5. The molecule has 0 saturated carbocycles. The first-order chi connectivity index (χ1) is 7.41. The quantitative estimate of drug-likeness (QED) is 0.777. The van der Waals surface area contributed by atoms with Crippen LogP contribution in [0.1, 0.15) is 41.0 Å². The average Bonchev–Trinajstić information content (AvgIpc) is 2.15. The Labute approximate surface area is 101 Å². The van der Waals surface area contributed by atoms with Crippen LogP contribution in [0.15, 0.2) is 0 Å². The van der Waals surface area contributed by atoms with E-state index in [1.807, 2.05) is 0 Å². The summed E-state index contributed by atoms with van der Waals surface area (Å²) in [5.41, 5.74) is 0.0258. The highest BCUT2D eigenvalue weighted by Crippen LogP contribution is 2.19. The van der Waals surface area contributed by atoms with Crippen molar-refractivity contribution in [2.24, 2.45) is 0 Å². The fourth-order valence-electron chi connectivity index (χ4n) is 2.19. The Hall–Kier alpha value is -0.120. The number of hydrogen-bond donors (Lipinski definition) is 1. The van der Waals surface area contributed by atoms with Crippen LogP contribution >= 0.6 is 0 Å². The zero-order valence-electron chi connectivity index (χ0n) is 11.5. The average molecular weight is 228 g/mol. The van der Waals surface area contributed by atoms with E-state index in [1.165, 1.54) is 6.42 Å². The van der Waals surface area contributed by atoms with Crippen LogP contribution in [0, 0.1) is 0 Å². The Kier molecular flexibility index (Phi) is 5.22. The van der Waals surface area contributed by atoms with Crippen molar-refractivity contribution in [2.45, 2.75) is 58.7 Å². The minimum atomic E-state index is 0.0258. The van der Waals surface area contributed by atoms with Crippen molar-refractivity contribution in [2.75, 3.05) is 26.2 Å². The Bertz CT molecular complexity index is 204. The van der Waals surface area contributed by atoms with Gasteiger partial charge in [0.25, 0.3) is 0 Å². The molecule has 1 aliphatic heterocycles. The van der Waals surface area contributed by atoms with Crippen LogP contribution in [-0.4, -0.2) is 48.8 Å². The van der Waals surface area contributed by atoms with E-state index < -0.39 is 0 Å². The summed E-state index contributed by atoms with van der Waals surface area (Å²) in [4.78, 5) is 2.55. The van der Waals surface area contributed by atoms with E-state index in [1.54, 1.807) is 0 Å². The highest BCUT2D eigenvalue weighted by molar-refractivity contribution is 4.82. The third kappa shape index (κ3) is 4.81. The summed E-state index contributed by atoms with van der Waals surface area (Å²) in [5.74, 6) is 0. The number of hydrogen-bond acceptors (Lipinski definition) is 3. The maximum Gasteiger partial charge on any atom is 0.0753 e. The number of morpholine rings is 1. The van der Waals surface area contributed by atoms with Gasteiger partial charge in [0, 0.05) is 25.2 Å². The van der Waals surface area contributed by atoms with Gasteiger partial charge in [-0.15, -0.1) is 0 Å². The SMILES string of the molecule is CC(C)NCCC(C)N1CCOC(C)(C)C1. The van der Waals surface area contributed by atoms with Crippen molar-refractivity contribution in [1.29, 1.82) is 0 Å². The van der Waals surface area contributed by atoms with Crippen LogP contribution in [0.3, 0.4) is 0 Å². The fraction of sp³-hybridized carbons (Fsp3) is 1.00. The number of ether oxygens (including phenoxy) is 1. The van der Waals surface area contributed by atoms with Gasteiger partial charge in [0.1, 0.15) is 0 Å². The summed E-state index contributed by atoms with van der Waals surface area (Å²) in [6, 6.07) is 1.24. The monoisotopic (exact) mass is 228 g/mol. The first kappa shape index (κ1) is 13.9. The number of rotatable bonds is 5. The summed E-state index contributed by atoms with van der Waals surface area (Å²) in [5, 5.41) is 3.48. The largest absolute Gasteiger partial charge is 0.373 e. The Morgan fingerprint density at radius 2 is 2.00 bits per heavy atom. The van der Waals surface area contributed by atoms with E-state index in [0.29, 0.717) is 12.1 Å². The molecular weight excluding hydrogens is 200 g/mol. The van der Waals surface area contributed by atoms with Gasteiger partial charge in [-0.1, -0.05) is 13.8 Å². The van der Waals surface area contributed by atoms with Gasteiger partial charge < -0.3 is 10.1 Å². The van der Waals surface area contributed by atoms with E-state index in [-0.39, 0.29) is 5.60 Å². The van der Waals surface area contributed by atoms with E-state index in [9.17, 15) is 0 Å². The molecule has 0 aliphatic carbocycles. The Morgan fingerprint density at radius 1 is 1.31 bits per heavy atom. The third-order valence-electron chi connectivity index (χ3n) is 3.19. The minimum absolute atomic E-state index is 0.0258. The molecular formula is C13H28N2O. The smallest absolute Gasteiger partial charge is 0.0753 e. The number of nitrogens with one attached hydrogen (secondary N) is 1. The summed E-state index contributed by atoms with van der Waals surface area (Å²) in [7, 11) is 0. The first-order valence-corrected chi connectivity index (χ1v) is 6.52. The molecule has 16 heavy (non-hydrogen) atoms. The lowest BCUT2D eigenvalue weighted by molar-refractivity contribution is -0.0959. The second-order valence-corrected chi connectivity index (χ2v) is 5.83. The van der Waals surface area contributed by atoms with Crippen LogP contribution in [0.4, 0.5) is 0 Å². The van der Waals surface area contributed by atoms with Crippen molar-refractivity contribution >= 4 is 0 Å². The van der Waals surface area contributed by atoms with E-state index in [0.717, 1.165) is 26.2 Å². The van der Waals surface area contributed by atoms with Crippen molar-refractivity contribution < 1.29 is 4.74 Å². The highest BCUT2D eigenvalue weighted by atomic mass is 16.5. The molecule has 1 heterocycles. The van der Waals surface area contributed by atoms with Gasteiger partial charge in [-0.05, 0) is 33.7 Å². The second kappa shape index (κ2) is 5.99. The molecule has 1 atom stereocenters. The molecule has 1 saturated heterocycles. The third-order valence-corrected chi connectivity index (χ3v) is 3.19. The highest BCUT2D eigenvalue weighted by Gasteiger charge is 2.29. The van der Waals surface area contributed by atoms with Crippen molar-refractivity contribution in [1.82, 2.24) is 10.2 Å². The van der Waals surface area contributed by atoms with Crippen LogP contribution in [0.25, 0.3) is 0 Å². The predicted octanol–water partition coefficient (Wildman–Crippen LogP) is 1.87. The Balaban J connectivity index is 2.27. The van der Waals surface area contributed by atoms with Gasteiger partial charge in [-0.3, -0.25) is 4.90 Å². The van der Waals surface area contributed by atoms with Crippen LogP contribution in [0.2, 0.25) is 0 Å². The molecule has 1 rings (SSSR count). The summed E-state index contributed by atoms with van der Waals surface area (Å²) < 4.78 is 5.73. The maximum atomic E-state index is 5.73. The first-order valence-electron chi connectivity index (χ1n) is 6.52. The lowest BCUT2D eigenvalue weighted by Gasteiger charge is -2.41. The molecule has 0 radical (unpaired) electrons. The van der Waals surface area contributed by atoms with Gasteiger partial charge in [0.15, 0.2) is 0 Å². The van der Waals surface area contributed by atoms with Crippen molar-refractivity contribution in [3.63, 3.8) is 0 Å². The number of nitrogens with zero attached hydrogens (tertiary/aromatic N) is 1. The van der Waals surface area contributed by atoms with Crippen molar-refractivity contribution in [3.8, 4) is 0 Å². The van der Waals surface area contributed by atoms with Crippen LogP contribution in [0.5, 0.6) is 0 Å². The second-order valence-electron chi connectivity index (χ2n) is 5.83.